The molecule has 16 heavy (non-hydrogen) atoms. The zero-order chi connectivity index (χ0) is 11.8. The monoisotopic (exact) mass is 226 g/mol. The molecule has 0 aromatic rings. The van der Waals surface area contributed by atoms with E-state index in [1.165, 1.54) is 12.8 Å². The molecule has 1 amide bonds. The van der Waals surface area contributed by atoms with E-state index in [0.29, 0.717) is 18.4 Å². The summed E-state index contributed by atoms with van der Waals surface area (Å²) in [6, 6.07) is 0.379. The lowest BCUT2D eigenvalue weighted by atomic mass is 9.84. The lowest BCUT2D eigenvalue weighted by Gasteiger charge is -2.25. The van der Waals surface area contributed by atoms with Gasteiger partial charge < -0.3 is 11.1 Å². The van der Waals surface area contributed by atoms with Crippen LogP contribution in [0.2, 0.25) is 0 Å². The fourth-order valence-electron chi connectivity index (χ4n) is 2.33. The van der Waals surface area contributed by atoms with Crippen LogP contribution in [0, 0.1) is 5.92 Å². The Bertz CT molecular complexity index is 198. The molecule has 0 aromatic carbocycles. The second-order valence-electron chi connectivity index (χ2n) is 5.04. The van der Waals surface area contributed by atoms with Gasteiger partial charge >= 0.3 is 0 Å². The Morgan fingerprint density at radius 1 is 1.25 bits per heavy atom. The van der Waals surface area contributed by atoms with Gasteiger partial charge in [-0.15, -0.1) is 0 Å². The minimum atomic E-state index is 0.233. The van der Waals surface area contributed by atoms with Crippen LogP contribution >= 0.6 is 0 Å². The smallest absolute Gasteiger partial charge is 0.220 e. The average Bonchev–Trinajstić information content (AvgIpc) is 2.28. The van der Waals surface area contributed by atoms with E-state index in [1.807, 2.05) is 0 Å². The van der Waals surface area contributed by atoms with Gasteiger partial charge in [-0.05, 0) is 38.0 Å². The molecule has 0 spiro atoms. The van der Waals surface area contributed by atoms with Gasteiger partial charge in [-0.3, -0.25) is 4.79 Å². The summed E-state index contributed by atoms with van der Waals surface area (Å²) in [6.07, 6.45) is 8.67. The van der Waals surface area contributed by atoms with E-state index in [2.05, 4.69) is 12.2 Å². The van der Waals surface area contributed by atoms with Crippen molar-refractivity contribution < 1.29 is 4.79 Å². The number of hydrogen-bond donors (Lipinski definition) is 2. The van der Waals surface area contributed by atoms with Gasteiger partial charge in [0.15, 0.2) is 0 Å². The minimum Gasteiger partial charge on any atom is -0.356 e. The molecule has 3 N–H and O–H groups in total. The van der Waals surface area contributed by atoms with Gasteiger partial charge in [-0.25, -0.2) is 0 Å². The molecule has 94 valence electrons. The SMILES string of the molecule is CCCCCNC(=O)CC1CCC(N)CC1. The third kappa shape index (κ3) is 5.50. The molecule has 0 heterocycles. The summed E-state index contributed by atoms with van der Waals surface area (Å²) in [5, 5.41) is 3.01. The predicted molar refractivity (Wildman–Crippen MR) is 67.1 cm³/mol. The summed E-state index contributed by atoms with van der Waals surface area (Å²) >= 11 is 0. The van der Waals surface area contributed by atoms with Crippen molar-refractivity contribution in [3.05, 3.63) is 0 Å². The predicted octanol–water partition coefficient (Wildman–Crippen LogP) is 2.20. The second-order valence-corrected chi connectivity index (χ2v) is 5.04. The Hall–Kier alpha value is -0.570. The van der Waals surface area contributed by atoms with Crippen LogP contribution in [0.3, 0.4) is 0 Å². The molecule has 0 bridgehead atoms. The van der Waals surface area contributed by atoms with Crippen molar-refractivity contribution in [2.75, 3.05) is 6.54 Å². The summed E-state index contributed by atoms with van der Waals surface area (Å²) in [4.78, 5) is 11.6. The third-order valence-corrected chi connectivity index (χ3v) is 3.47. The molecule has 1 aliphatic rings. The van der Waals surface area contributed by atoms with Crippen LogP contribution in [0.15, 0.2) is 0 Å². The zero-order valence-corrected chi connectivity index (χ0v) is 10.5. The zero-order valence-electron chi connectivity index (χ0n) is 10.5. The molecule has 1 aliphatic carbocycles. The van der Waals surface area contributed by atoms with Crippen LogP contribution in [0.5, 0.6) is 0 Å². The van der Waals surface area contributed by atoms with Gasteiger partial charge in [-0.2, -0.15) is 0 Å². The van der Waals surface area contributed by atoms with E-state index < -0.39 is 0 Å². The molecule has 0 radical (unpaired) electrons. The number of nitrogens with one attached hydrogen (secondary N) is 1. The molecule has 1 rings (SSSR count). The van der Waals surface area contributed by atoms with Crippen LogP contribution < -0.4 is 11.1 Å². The average molecular weight is 226 g/mol. The van der Waals surface area contributed by atoms with E-state index in [9.17, 15) is 4.79 Å². The summed E-state index contributed by atoms with van der Waals surface area (Å²) in [5.41, 5.74) is 5.84. The molecular weight excluding hydrogens is 200 g/mol. The van der Waals surface area contributed by atoms with E-state index in [-0.39, 0.29) is 5.91 Å². The van der Waals surface area contributed by atoms with Gasteiger partial charge in [0.1, 0.15) is 0 Å². The number of rotatable bonds is 6. The van der Waals surface area contributed by atoms with E-state index in [0.717, 1.165) is 38.6 Å². The van der Waals surface area contributed by atoms with Crippen LogP contribution in [-0.4, -0.2) is 18.5 Å². The van der Waals surface area contributed by atoms with E-state index in [1.54, 1.807) is 0 Å². The molecule has 0 unspecified atom stereocenters. The van der Waals surface area contributed by atoms with Gasteiger partial charge in [0.25, 0.3) is 0 Å². The number of amides is 1. The number of hydrogen-bond acceptors (Lipinski definition) is 2. The Morgan fingerprint density at radius 2 is 1.94 bits per heavy atom. The highest BCUT2D eigenvalue weighted by Gasteiger charge is 2.20. The molecule has 1 fully saturated rings. The van der Waals surface area contributed by atoms with Crippen molar-refractivity contribution in [1.29, 1.82) is 0 Å². The number of carbonyl (C=O) groups is 1. The van der Waals surface area contributed by atoms with Gasteiger partial charge in [0.2, 0.25) is 5.91 Å². The molecule has 3 heteroatoms. The molecule has 0 saturated heterocycles. The molecule has 0 atom stereocenters. The fourth-order valence-corrected chi connectivity index (χ4v) is 2.33. The van der Waals surface area contributed by atoms with Crippen molar-refractivity contribution in [3.8, 4) is 0 Å². The maximum atomic E-state index is 11.6. The highest BCUT2D eigenvalue weighted by molar-refractivity contribution is 5.76. The van der Waals surface area contributed by atoms with Crippen LogP contribution in [0.1, 0.15) is 58.3 Å². The van der Waals surface area contributed by atoms with Crippen molar-refractivity contribution in [2.45, 2.75) is 64.3 Å². The second kappa shape index (κ2) is 7.66. The summed E-state index contributed by atoms with van der Waals surface area (Å²) in [6.45, 7) is 3.02. The van der Waals surface area contributed by atoms with Crippen LogP contribution in [-0.2, 0) is 4.79 Å². The summed E-state index contributed by atoms with van der Waals surface area (Å²) in [5.74, 6) is 0.808. The first-order chi connectivity index (χ1) is 7.72. The quantitative estimate of drug-likeness (QED) is 0.682. The van der Waals surface area contributed by atoms with Crippen molar-refractivity contribution in [3.63, 3.8) is 0 Å². The summed E-state index contributed by atoms with van der Waals surface area (Å²) in [7, 11) is 0. The van der Waals surface area contributed by atoms with E-state index in [4.69, 9.17) is 5.73 Å². The van der Waals surface area contributed by atoms with Crippen molar-refractivity contribution in [1.82, 2.24) is 5.32 Å². The first-order valence-corrected chi connectivity index (χ1v) is 6.74. The van der Waals surface area contributed by atoms with Crippen LogP contribution in [0.25, 0.3) is 0 Å². The van der Waals surface area contributed by atoms with Crippen molar-refractivity contribution >= 4 is 5.91 Å². The topological polar surface area (TPSA) is 55.1 Å². The molecule has 0 aliphatic heterocycles. The number of unbranched alkanes of at least 4 members (excludes halogenated alkanes) is 2. The molecular formula is C13H26N2O. The van der Waals surface area contributed by atoms with Gasteiger partial charge in [0.05, 0.1) is 0 Å². The van der Waals surface area contributed by atoms with E-state index >= 15 is 0 Å². The Balaban J connectivity index is 2.05. The first-order valence-electron chi connectivity index (χ1n) is 6.74. The van der Waals surface area contributed by atoms with Gasteiger partial charge in [-0.1, -0.05) is 19.8 Å². The Labute approximate surface area is 99.2 Å². The minimum absolute atomic E-state index is 0.233. The normalized spacial score (nSPS) is 25.4. The standard InChI is InChI=1S/C13H26N2O/c1-2-3-4-9-15-13(16)10-11-5-7-12(14)8-6-11/h11-12H,2-10,14H2,1H3,(H,15,16). The highest BCUT2D eigenvalue weighted by Crippen LogP contribution is 2.25. The number of nitrogens with two attached hydrogens (primary N) is 1. The lowest BCUT2D eigenvalue weighted by Crippen LogP contribution is -2.31. The van der Waals surface area contributed by atoms with Crippen LogP contribution in [0.4, 0.5) is 0 Å². The van der Waals surface area contributed by atoms with Gasteiger partial charge in [0, 0.05) is 19.0 Å². The Kier molecular flexibility index (Phi) is 6.46. The third-order valence-electron chi connectivity index (χ3n) is 3.47. The number of carbonyl (C=O) groups excluding carboxylic acids is 1. The molecule has 3 nitrogen and oxygen atoms in total. The lowest BCUT2D eigenvalue weighted by molar-refractivity contribution is -0.122. The Morgan fingerprint density at radius 3 is 2.56 bits per heavy atom. The maximum absolute atomic E-state index is 11.6. The molecule has 1 saturated carbocycles. The largest absolute Gasteiger partial charge is 0.356 e. The molecule has 0 aromatic heterocycles. The fraction of sp³-hybridized carbons (Fsp3) is 0.923. The van der Waals surface area contributed by atoms with Crippen molar-refractivity contribution in [2.24, 2.45) is 11.7 Å². The summed E-state index contributed by atoms with van der Waals surface area (Å²) < 4.78 is 0. The first kappa shape index (κ1) is 13.5. The maximum Gasteiger partial charge on any atom is 0.220 e. The highest BCUT2D eigenvalue weighted by atomic mass is 16.1.